The molecule has 2 rings (SSSR count). The number of alkyl halides is 3. The molecule has 9 heteroatoms. The van der Waals surface area contributed by atoms with Crippen molar-refractivity contribution >= 4 is 11.9 Å². The Labute approximate surface area is 180 Å². The Bertz CT molecular complexity index is 864. The maximum absolute atomic E-state index is 12.2. The molecule has 0 aliphatic rings. The highest BCUT2D eigenvalue weighted by molar-refractivity contribution is 5.93. The number of carbonyl (C=O) groups is 1. The van der Waals surface area contributed by atoms with Gasteiger partial charge < -0.3 is 20.3 Å². The molecule has 1 amide bonds. The molecule has 0 radical (unpaired) electrons. The van der Waals surface area contributed by atoms with Crippen molar-refractivity contribution in [1.29, 1.82) is 0 Å². The third-order valence-electron chi connectivity index (χ3n) is 4.23. The average molecular weight is 436 g/mol. The third kappa shape index (κ3) is 8.57. The lowest BCUT2D eigenvalue weighted by molar-refractivity contribution is -0.274. The van der Waals surface area contributed by atoms with E-state index in [-0.39, 0.29) is 11.7 Å². The topological polar surface area (TPSA) is 66.0 Å². The van der Waals surface area contributed by atoms with Gasteiger partial charge in [0.25, 0.3) is 5.91 Å². The van der Waals surface area contributed by atoms with Gasteiger partial charge in [0.05, 0.1) is 6.54 Å². The van der Waals surface area contributed by atoms with Gasteiger partial charge in [-0.15, -0.1) is 13.2 Å². The Balaban J connectivity index is 1.88. The first kappa shape index (κ1) is 24.0. The molecule has 2 aromatic rings. The van der Waals surface area contributed by atoms with Crippen molar-refractivity contribution in [2.45, 2.75) is 26.3 Å². The van der Waals surface area contributed by atoms with Crippen LogP contribution in [0, 0.1) is 0 Å². The number of nitrogens with zero attached hydrogens (tertiary/aromatic N) is 2. The maximum Gasteiger partial charge on any atom is 0.573 e. The van der Waals surface area contributed by atoms with E-state index in [0.717, 1.165) is 11.1 Å². The number of hydrogen-bond acceptors (Lipinski definition) is 3. The van der Waals surface area contributed by atoms with Crippen LogP contribution in [0.4, 0.5) is 13.2 Å². The molecule has 0 fully saturated rings. The summed E-state index contributed by atoms with van der Waals surface area (Å²) in [6, 6.07) is 13.1. The Morgan fingerprint density at radius 2 is 1.61 bits per heavy atom. The summed E-state index contributed by atoms with van der Waals surface area (Å²) in [6.45, 7) is 3.64. The van der Waals surface area contributed by atoms with Gasteiger partial charge in [0, 0.05) is 32.7 Å². The SMILES string of the molecule is CCNC(=NCc1ccc(C(=O)N(C)C)cc1)NCCc1ccc(OC(F)(F)F)cc1. The molecule has 0 spiro atoms. The second kappa shape index (κ2) is 11.2. The van der Waals surface area contributed by atoms with Gasteiger partial charge in [-0.2, -0.15) is 0 Å². The zero-order chi connectivity index (χ0) is 22.9. The second-order valence-electron chi connectivity index (χ2n) is 6.96. The molecule has 6 nitrogen and oxygen atoms in total. The van der Waals surface area contributed by atoms with Gasteiger partial charge in [-0.25, -0.2) is 4.99 Å². The summed E-state index contributed by atoms with van der Waals surface area (Å²) in [5, 5.41) is 6.36. The number of aliphatic imine (C=N–C) groups is 1. The summed E-state index contributed by atoms with van der Waals surface area (Å²) in [7, 11) is 3.42. The summed E-state index contributed by atoms with van der Waals surface area (Å²) >= 11 is 0. The Morgan fingerprint density at radius 3 is 2.16 bits per heavy atom. The molecule has 0 bridgehead atoms. The zero-order valence-electron chi connectivity index (χ0n) is 17.8. The molecule has 31 heavy (non-hydrogen) atoms. The number of amides is 1. The Kier molecular flexibility index (Phi) is 8.72. The van der Waals surface area contributed by atoms with E-state index >= 15 is 0 Å². The van der Waals surface area contributed by atoms with Gasteiger partial charge in [-0.1, -0.05) is 24.3 Å². The third-order valence-corrected chi connectivity index (χ3v) is 4.23. The van der Waals surface area contributed by atoms with Crippen molar-refractivity contribution in [2.24, 2.45) is 4.99 Å². The molecule has 0 heterocycles. The minimum atomic E-state index is -4.69. The van der Waals surface area contributed by atoms with E-state index in [2.05, 4.69) is 20.4 Å². The Morgan fingerprint density at radius 1 is 1.00 bits per heavy atom. The number of nitrogens with one attached hydrogen (secondary N) is 2. The molecule has 0 unspecified atom stereocenters. The first-order valence-corrected chi connectivity index (χ1v) is 9.85. The molecule has 0 atom stereocenters. The van der Waals surface area contributed by atoms with Gasteiger partial charge in [0.1, 0.15) is 5.75 Å². The van der Waals surface area contributed by atoms with Crippen molar-refractivity contribution in [2.75, 3.05) is 27.2 Å². The molecular weight excluding hydrogens is 409 g/mol. The summed E-state index contributed by atoms with van der Waals surface area (Å²) in [5.74, 6) is 0.341. The van der Waals surface area contributed by atoms with Crippen LogP contribution < -0.4 is 15.4 Å². The fraction of sp³-hybridized carbons (Fsp3) is 0.364. The highest BCUT2D eigenvalue weighted by Gasteiger charge is 2.30. The van der Waals surface area contributed by atoms with E-state index in [0.29, 0.717) is 37.6 Å². The van der Waals surface area contributed by atoms with Gasteiger partial charge in [-0.05, 0) is 48.7 Å². The van der Waals surface area contributed by atoms with Crippen LogP contribution in [0.25, 0.3) is 0 Å². The van der Waals surface area contributed by atoms with Gasteiger partial charge in [0.15, 0.2) is 5.96 Å². The van der Waals surface area contributed by atoms with E-state index in [9.17, 15) is 18.0 Å². The first-order valence-electron chi connectivity index (χ1n) is 9.85. The maximum atomic E-state index is 12.2. The number of benzene rings is 2. The van der Waals surface area contributed by atoms with Crippen LogP contribution in [0.3, 0.4) is 0 Å². The number of halogens is 3. The van der Waals surface area contributed by atoms with E-state index in [1.165, 1.54) is 17.0 Å². The molecular formula is C22H27F3N4O2. The normalized spacial score (nSPS) is 11.7. The smallest absolute Gasteiger partial charge is 0.406 e. The van der Waals surface area contributed by atoms with Crippen LogP contribution in [0.1, 0.15) is 28.4 Å². The molecule has 0 saturated heterocycles. The van der Waals surface area contributed by atoms with Gasteiger partial charge in [-0.3, -0.25) is 4.79 Å². The highest BCUT2D eigenvalue weighted by Crippen LogP contribution is 2.22. The van der Waals surface area contributed by atoms with Crippen LogP contribution in [-0.4, -0.2) is 50.3 Å². The lowest BCUT2D eigenvalue weighted by atomic mass is 10.1. The lowest BCUT2D eigenvalue weighted by Crippen LogP contribution is -2.38. The van der Waals surface area contributed by atoms with Crippen molar-refractivity contribution < 1.29 is 22.7 Å². The number of carbonyl (C=O) groups excluding carboxylic acids is 1. The molecule has 0 aromatic heterocycles. The predicted molar refractivity (Wildman–Crippen MR) is 114 cm³/mol. The number of rotatable bonds is 8. The van der Waals surface area contributed by atoms with Crippen LogP contribution in [0.15, 0.2) is 53.5 Å². The van der Waals surface area contributed by atoms with Crippen LogP contribution in [-0.2, 0) is 13.0 Å². The van der Waals surface area contributed by atoms with Crippen LogP contribution in [0.5, 0.6) is 5.75 Å². The van der Waals surface area contributed by atoms with E-state index < -0.39 is 6.36 Å². The van der Waals surface area contributed by atoms with Crippen LogP contribution in [0.2, 0.25) is 0 Å². The molecule has 0 saturated carbocycles. The minimum absolute atomic E-state index is 0.0527. The van der Waals surface area contributed by atoms with E-state index in [1.54, 1.807) is 38.4 Å². The summed E-state index contributed by atoms with van der Waals surface area (Å²) < 4.78 is 40.5. The summed E-state index contributed by atoms with van der Waals surface area (Å²) in [4.78, 5) is 18.0. The highest BCUT2D eigenvalue weighted by atomic mass is 19.4. The first-order chi connectivity index (χ1) is 14.7. The second-order valence-corrected chi connectivity index (χ2v) is 6.96. The monoisotopic (exact) mass is 436 g/mol. The van der Waals surface area contributed by atoms with E-state index in [4.69, 9.17) is 0 Å². The van der Waals surface area contributed by atoms with Crippen molar-refractivity contribution in [3.8, 4) is 5.75 Å². The largest absolute Gasteiger partial charge is 0.573 e. The molecule has 2 aromatic carbocycles. The number of hydrogen-bond donors (Lipinski definition) is 2. The lowest BCUT2D eigenvalue weighted by Gasteiger charge is -2.12. The zero-order valence-corrected chi connectivity index (χ0v) is 17.8. The quantitative estimate of drug-likeness (QED) is 0.490. The van der Waals surface area contributed by atoms with Crippen molar-refractivity contribution in [1.82, 2.24) is 15.5 Å². The Hall–Kier alpha value is -3.23. The average Bonchev–Trinajstić information content (AvgIpc) is 2.72. The standard InChI is InChI=1S/C22H27F3N4O2/c1-4-26-21(28-15-17-5-9-18(10-6-17)20(30)29(2)3)27-14-13-16-7-11-19(12-8-16)31-22(23,24)25/h5-12H,4,13-15H2,1-3H3,(H2,26,27,28). The summed E-state index contributed by atoms with van der Waals surface area (Å²) in [5.41, 5.74) is 2.46. The van der Waals surface area contributed by atoms with Crippen LogP contribution >= 0.6 is 0 Å². The fourth-order valence-electron chi connectivity index (χ4n) is 2.71. The van der Waals surface area contributed by atoms with Gasteiger partial charge in [0.2, 0.25) is 0 Å². The summed E-state index contributed by atoms with van der Waals surface area (Å²) in [6.07, 6.45) is -4.08. The number of guanidine groups is 1. The molecule has 168 valence electrons. The fourth-order valence-corrected chi connectivity index (χ4v) is 2.71. The molecule has 0 aliphatic carbocycles. The molecule has 2 N–H and O–H groups in total. The van der Waals surface area contributed by atoms with Crippen molar-refractivity contribution in [3.05, 3.63) is 65.2 Å². The molecule has 0 aliphatic heterocycles. The number of ether oxygens (including phenoxy) is 1. The minimum Gasteiger partial charge on any atom is -0.406 e. The van der Waals surface area contributed by atoms with Crippen molar-refractivity contribution in [3.63, 3.8) is 0 Å². The van der Waals surface area contributed by atoms with Gasteiger partial charge >= 0.3 is 6.36 Å². The van der Waals surface area contributed by atoms with E-state index in [1.807, 2.05) is 19.1 Å². The predicted octanol–water partition coefficient (Wildman–Crippen LogP) is 3.58.